The van der Waals surface area contributed by atoms with Gasteiger partial charge in [-0.1, -0.05) is 26.7 Å². The van der Waals surface area contributed by atoms with E-state index in [2.05, 4.69) is 26.8 Å². The molecule has 0 amide bonds. The maximum absolute atomic E-state index is 5.75. The zero-order valence-electron chi connectivity index (χ0n) is 21.5. The summed E-state index contributed by atoms with van der Waals surface area (Å²) in [7, 11) is 0. The number of fused-ring (bicyclic) bond motifs is 1. The van der Waals surface area contributed by atoms with E-state index in [9.17, 15) is 0 Å². The van der Waals surface area contributed by atoms with E-state index in [-0.39, 0.29) is 0 Å². The maximum Gasteiger partial charge on any atom is 0.231 e. The molecule has 2 rings (SSSR count). The smallest absolute Gasteiger partial charge is 0.231 e. The van der Waals surface area contributed by atoms with Crippen LogP contribution in [0.1, 0.15) is 89.7 Å². The Morgan fingerprint density at radius 3 is 1.88 bits per heavy atom. The zero-order chi connectivity index (χ0) is 24.0. The van der Waals surface area contributed by atoms with E-state index in [0.29, 0.717) is 39.8 Å². The number of ether oxygens (including phenoxy) is 5. The molecule has 5 nitrogen and oxygen atoms in total. The molecule has 1 aromatic rings. The number of hydrogen-bond acceptors (Lipinski definition) is 5. The molecule has 1 aromatic carbocycles. The summed E-state index contributed by atoms with van der Waals surface area (Å²) in [6.45, 7) is 10.7. The van der Waals surface area contributed by atoms with Crippen molar-refractivity contribution < 1.29 is 23.7 Å². The molecule has 0 saturated carbocycles. The summed E-state index contributed by atoms with van der Waals surface area (Å²) in [5.41, 5.74) is 2.44. The second-order valence-electron chi connectivity index (χ2n) is 8.41. The molecule has 0 aliphatic carbocycles. The average Bonchev–Trinajstić information content (AvgIpc) is 3.28. The minimum Gasteiger partial charge on any atom is -0.454 e. The van der Waals surface area contributed by atoms with Gasteiger partial charge in [-0.3, -0.25) is 0 Å². The van der Waals surface area contributed by atoms with Crippen molar-refractivity contribution in [2.24, 2.45) is 0 Å². The summed E-state index contributed by atoms with van der Waals surface area (Å²) in [6, 6.07) is 4.12. The largest absolute Gasteiger partial charge is 0.454 e. The summed E-state index contributed by atoms with van der Waals surface area (Å²) in [5, 5.41) is 0. The van der Waals surface area contributed by atoms with Crippen molar-refractivity contribution in [3.63, 3.8) is 0 Å². The SMILES string of the molecule is CCCCCCC[CH2][SnH].CCCCOCCOCCOCc1cc2c(cc1CCC)OCO2. The van der Waals surface area contributed by atoms with Gasteiger partial charge in [-0.2, -0.15) is 0 Å². The van der Waals surface area contributed by atoms with Crippen LogP contribution >= 0.6 is 0 Å². The molecule has 0 unspecified atom stereocenters. The molecular formula is C27H48O5Sn. The molecule has 2 radical (unpaired) electrons. The van der Waals surface area contributed by atoms with Crippen molar-refractivity contribution >= 4 is 22.5 Å². The van der Waals surface area contributed by atoms with Crippen molar-refractivity contribution in [2.45, 2.75) is 96.0 Å². The van der Waals surface area contributed by atoms with Crippen LogP contribution in [0.3, 0.4) is 0 Å². The molecule has 190 valence electrons. The first-order chi connectivity index (χ1) is 16.3. The van der Waals surface area contributed by atoms with Crippen molar-refractivity contribution in [3.8, 4) is 11.5 Å². The van der Waals surface area contributed by atoms with Crippen LogP contribution in [0.2, 0.25) is 4.44 Å². The van der Waals surface area contributed by atoms with E-state index in [1.165, 1.54) is 76.6 Å². The molecule has 1 heterocycles. The van der Waals surface area contributed by atoms with E-state index in [4.69, 9.17) is 23.7 Å². The minimum atomic E-state index is 0.305. The van der Waals surface area contributed by atoms with Gasteiger partial charge in [0.1, 0.15) is 0 Å². The van der Waals surface area contributed by atoms with Gasteiger partial charge in [0.15, 0.2) is 11.5 Å². The Morgan fingerprint density at radius 1 is 0.667 bits per heavy atom. The summed E-state index contributed by atoms with van der Waals surface area (Å²) >= 11 is 1.46. The van der Waals surface area contributed by atoms with Crippen LogP contribution in [0.25, 0.3) is 0 Å². The Labute approximate surface area is 216 Å². The Bertz CT molecular complexity index is 576. The van der Waals surface area contributed by atoms with Crippen LogP contribution in [-0.4, -0.2) is 62.4 Å². The monoisotopic (exact) mass is 572 g/mol. The average molecular weight is 571 g/mol. The van der Waals surface area contributed by atoms with Gasteiger partial charge in [0.2, 0.25) is 6.79 Å². The molecule has 0 spiro atoms. The molecule has 0 fully saturated rings. The second-order valence-corrected chi connectivity index (χ2v) is 10.1. The first-order valence-electron chi connectivity index (χ1n) is 13.1. The molecule has 0 aromatic heterocycles. The zero-order valence-corrected chi connectivity index (χ0v) is 24.8. The van der Waals surface area contributed by atoms with Gasteiger partial charge in [0.05, 0.1) is 33.0 Å². The fourth-order valence-corrected chi connectivity index (χ4v) is 4.28. The topological polar surface area (TPSA) is 46.2 Å². The standard InChI is InChI=1S/C19H30O5.C8H17.Sn.H/c1-3-5-7-20-8-9-21-10-11-22-14-17-13-19-18(23-15-24-19)12-16(17)6-4-2;1-3-5-7-8-6-4-2;;/h12-13H,3-11,14-15H2,1-2H3;1,3-8H2,2H3;;. The third kappa shape index (κ3) is 15.2. The van der Waals surface area contributed by atoms with Gasteiger partial charge < -0.3 is 23.7 Å². The van der Waals surface area contributed by atoms with E-state index < -0.39 is 0 Å². The summed E-state index contributed by atoms with van der Waals surface area (Å²) in [6.07, 6.45) is 13.1. The van der Waals surface area contributed by atoms with E-state index in [0.717, 1.165) is 43.8 Å². The van der Waals surface area contributed by atoms with Gasteiger partial charge in [0.25, 0.3) is 0 Å². The van der Waals surface area contributed by atoms with Gasteiger partial charge in [0, 0.05) is 6.61 Å². The van der Waals surface area contributed by atoms with Gasteiger partial charge in [-0.25, -0.2) is 0 Å². The van der Waals surface area contributed by atoms with Crippen molar-refractivity contribution in [1.82, 2.24) is 0 Å². The Balaban J connectivity index is 0.000000513. The third-order valence-corrected chi connectivity index (χ3v) is 6.58. The number of benzene rings is 1. The van der Waals surface area contributed by atoms with Crippen LogP contribution in [0.15, 0.2) is 12.1 Å². The minimum absolute atomic E-state index is 0.305. The van der Waals surface area contributed by atoms with Crippen LogP contribution in [0.5, 0.6) is 11.5 Å². The van der Waals surface area contributed by atoms with Crippen LogP contribution in [-0.2, 0) is 27.2 Å². The first kappa shape index (κ1) is 30.5. The molecular weight excluding hydrogens is 523 g/mol. The number of rotatable bonds is 19. The van der Waals surface area contributed by atoms with Gasteiger partial charge in [-0.15, -0.1) is 0 Å². The number of unbranched alkanes of at least 4 members (excludes halogenated alkanes) is 6. The fraction of sp³-hybridized carbons (Fsp3) is 0.778. The number of hydrogen-bond donors (Lipinski definition) is 0. The first-order valence-corrected chi connectivity index (χ1v) is 15.4. The normalized spacial score (nSPS) is 12.0. The van der Waals surface area contributed by atoms with E-state index in [1.54, 1.807) is 0 Å². The van der Waals surface area contributed by atoms with Crippen molar-refractivity contribution in [1.29, 1.82) is 0 Å². The van der Waals surface area contributed by atoms with Gasteiger partial charge >= 0.3 is 72.4 Å². The van der Waals surface area contributed by atoms with Crippen LogP contribution in [0, 0.1) is 0 Å². The fourth-order valence-electron chi connectivity index (χ4n) is 3.46. The third-order valence-electron chi connectivity index (χ3n) is 5.42. The predicted octanol–water partition coefficient (Wildman–Crippen LogP) is 6.38. The van der Waals surface area contributed by atoms with Crippen LogP contribution in [0.4, 0.5) is 0 Å². The summed E-state index contributed by atoms with van der Waals surface area (Å²) in [5.74, 6) is 1.66. The quantitative estimate of drug-likeness (QED) is 0.142. The van der Waals surface area contributed by atoms with Crippen molar-refractivity contribution in [2.75, 3.05) is 39.8 Å². The van der Waals surface area contributed by atoms with E-state index >= 15 is 0 Å². The number of aryl methyl sites for hydroxylation is 1. The van der Waals surface area contributed by atoms with Crippen LogP contribution < -0.4 is 9.47 Å². The summed E-state index contributed by atoms with van der Waals surface area (Å²) < 4.78 is 29.1. The summed E-state index contributed by atoms with van der Waals surface area (Å²) in [4.78, 5) is 0. The maximum atomic E-state index is 5.75. The van der Waals surface area contributed by atoms with Crippen molar-refractivity contribution in [3.05, 3.63) is 23.3 Å². The Hall–Kier alpha value is -0.501. The van der Waals surface area contributed by atoms with E-state index in [1.807, 2.05) is 6.07 Å². The molecule has 0 bridgehead atoms. The predicted molar refractivity (Wildman–Crippen MR) is 138 cm³/mol. The molecule has 0 saturated heterocycles. The Kier molecular flexibility index (Phi) is 20.3. The molecule has 6 heteroatoms. The molecule has 0 atom stereocenters. The Morgan fingerprint density at radius 2 is 1.24 bits per heavy atom. The molecule has 1 aliphatic rings. The molecule has 33 heavy (non-hydrogen) atoms. The molecule has 1 aliphatic heterocycles. The second kappa shape index (κ2) is 22.0. The molecule has 0 N–H and O–H groups in total. The van der Waals surface area contributed by atoms with Gasteiger partial charge in [-0.05, 0) is 36.1 Å².